The number of benzene rings is 1. The van der Waals surface area contributed by atoms with Crippen LogP contribution in [-0.2, 0) is 9.59 Å². The van der Waals surface area contributed by atoms with Crippen LogP contribution in [0.5, 0.6) is 5.75 Å². The maximum Gasteiger partial charge on any atom is 0.382 e. The molecule has 104 valence electrons. The second kappa shape index (κ2) is 6.95. The van der Waals surface area contributed by atoms with Gasteiger partial charge >= 0.3 is 5.97 Å². The van der Waals surface area contributed by atoms with Gasteiger partial charge in [-0.15, -0.1) is 0 Å². The topological polar surface area (TPSA) is 92.7 Å². The predicted molar refractivity (Wildman–Crippen MR) is 70.5 cm³/mol. The number of amides is 1. The highest BCUT2D eigenvalue weighted by molar-refractivity contribution is 5.87. The number of aldehydes is 1. The molecule has 1 aromatic carbocycles. The van der Waals surface area contributed by atoms with Crippen LogP contribution in [0.25, 0.3) is 0 Å². The third-order valence-corrected chi connectivity index (χ3v) is 2.37. The maximum absolute atomic E-state index is 11.3. The maximum atomic E-state index is 11.3. The summed E-state index contributed by atoms with van der Waals surface area (Å²) in [5.41, 5.74) is 0.562. The Balaban J connectivity index is 3.00. The lowest BCUT2D eigenvalue weighted by molar-refractivity contribution is -0.130. The molecular weight excluding hydrogens is 262 g/mol. The first-order chi connectivity index (χ1) is 9.47. The molecule has 0 radical (unpaired) electrons. The highest BCUT2D eigenvalue weighted by atomic mass is 16.5. The molecule has 0 saturated heterocycles. The number of hydrogen-bond donors (Lipinski definition) is 2. The number of carbonyl (C=O) groups is 3. The fourth-order valence-electron chi connectivity index (χ4n) is 1.40. The average molecular weight is 275 g/mol. The molecule has 0 heterocycles. The van der Waals surface area contributed by atoms with Crippen LogP contribution in [0.15, 0.2) is 18.2 Å². The van der Waals surface area contributed by atoms with Crippen LogP contribution in [0.1, 0.15) is 22.8 Å². The van der Waals surface area contributed by atoms with Crippen molar-refractivity contribution in [2.75, 3.05) is 7.05 Å². The standard InChI is InChI=1S/C14H13NO5/c1-9(14(19)15-2)20-12-5-3-10(4-6-13(17)18)7-11(12)8-16/h3,5,7-9H,1-2H3,(H,15,19)(H,17,18). The van der Waals surface area contributed by atoms with E-state index in [1.165, 1.54) is 25.2 Å². The molecule has 1 rings (SSSR count). The summed E-state index contributed by atoms with van der Waals surface area (Å²) in [6.07, 6.45) is -0.202. The minimum atomic E-state index is -1.26. The summed E-state index contributed by atoms with van der Waals surface area (Å²) < 4.78 is 5.36. The zero-order valence-corrected chi connectivity index (χ0v) is 11.0. The molecule has 6 heteroatoms. The molecule has 1 atom stereocenters. The van der Waals surface area contributed by atoms with E-state index in [0.29, 0.717) is 11.8 Å². The van der Waals surface area contributed by atoms with Gasteiger partial charge in [0.2, 0.25) is 0 Å². The minimum absolute atomic E-state index is 0.193. The molecular formula is C14H13NO5. The lowest BCUT2D eigenvalue weighted by atomic mass is 10.1. The summed E-state index contributed by atoms with van der Waals surface area (Å²) >= 11 is 0. The first kappa shape index (κ1) is 15.2. The van der Waals surface area contributed by atoms with Gasteiger partial charge in [-0.25, -0.2) is 4.79 Å². The highest BCUT2D eigenvalue weighted by Crippen LogP contribution is 2.19. The third-order valence-electron chi connectivity index (χ3n) is 2.37. The Labute approximate surface area is 115 Å². The summed E-state index contributed by atoms with van der Waals surface area (Å²) in [7, 11) is 1.48. The van der Waals surface area contributed by atoms with Crippen LogP contribution in [-0.4, -0.2) is 36.4 Å². The number of carbonyl (C=O) groups excluding carboxylic acids is 2. The van der Waals surface area contributed by atoms with Crippen molar-refractivity contribution >= 4 is 18.2 Å². The van der Waals surface area contributed by atoms with Gasteiger partial charge in [-0.3, -0.25) is 9.59 Å². The van der Waals surface area contributed by atoms with E-state index in [4.69, 9.17) is 9.84 Å². The summed E-state index contributed by atoms with van der Waals surface area (Å²) in [4.78, 5) is 32.7. The van der Waals surface area contributed by atoms with E-state index < -0.39 is 12.1 Å². The van der Waals surface area contributed by atoms with E-state index in [9.17, 15) is 14.4 Å². The van der Waals surface area contributed by atoms with Gasteiger partial charge < -0.3 is 15.2 Å². The molecule has 1 amide bonds. The minimum Gasteiger partial charge on any atom is -0.480 e. The van der Waals surface area contributed by atoms with Crippen LogP contribution < -0.4 is 10.1 Å². The lowest BCUT2D eigenvalue weighted by Gasteiger charge is -2.14. The van der Waals surface area contributed by atoms with Crippen LogP contribution >= 0.6 is 0 Å². The van der Waals surface area contributed by atoms with Crippen LogP contribution in [0, 0.1) is 11.8 Å². The fraction of sp³-hybridized carbons (Fsp3) is 0.214. The number of likely N-dealkylation sites (N-methyl/N-ethyl adjacent to an activating group) is 1. The Bertz CT molecular complexity index is 597. The van der Waals surface area contributed by atoms with Gasteiger partial charge in [0.1, 0.15) is 5.75 Å². The lowest BCUT2D eigenvalue weighted by Crippen LogP contribution is -2.33. The molecule has 0 fully saturated rings. The van der Waals surface area contributed by atoms with Gasteiger partial charge in [0.25, 0.3) is 5.91 Å². The van der Waals surface area contributed by atoms with Crippen LogP contribution in [0.2, 0.25) is 0 Å². The molecule has 20 heavy (non-hydrogen) atoms. The molecule has 0 spiro atoms. The van der Waals surface area contributed by atoms with E-state index in [0.717, 1.165) is 0 Å². The largest absolute Gasteiger partial charge is 0.480 e. The molecule has 0 aliphatic rings. The summed E-state index contributed by atoms with van der Waals surface area (Å²) in [5, 5.41) is 10.9. The Hall–Kier alpha value is -2.81. The second-order valence-corrected chi connectivity index (χ2v) is 3.80. The van der Waals surface area contributed by atoms with Crippen molar-refractivity contribution in [3.8, 4) is 17.6 Å². The Kier molecular flexibility index (Phi) is 5.30. The van der Waals surface area contributed by atoms with Gasteiger partial charge in [-0.2, -0.15) is 0 Å². The SMILES string of the molecule is CNC(=O)C(C)Oc1ccc(C#CC(=O)O)cc1C=O. The van der Waals surface area contributed by atoms with Gasteiger partial charge in [0, 0.05) is 18.5 Å². The van der Waals surface area contributed by atoms with Gasteiger partial charge in [0.05, 0.1) is 5.56 Å². The first-order valence-electron chi connectivity index (χ1n) is 5.70. The summed E-state index contributed by atoms with van der Waals surface area (Å²) in [6.45, 7) is 1.55. The average Bonchev–Trinajstić information content (AvgIpc) is 2.44. The first-order valence-corrected chi connectivity index (χ1v) is 5.70. The molecule has 6 nitrogen and oxygen atoms in total. The monoisotopic (exact) mass is 275 g/mol. The van der Waals surface area contributed by atoms with Crippen molar-refractivity contribution in [3.63, 3.8) is 0 Å². The molecule has 0 aliphatic carbocycles. The third kappa shape index (κ3) is 4.14. The van der Waals surface area contributed by atoms with Gasteiger partial charge in [-0.05, 0) is 25.1 Å². The second-order valence-electron chi connectivity index (χ2n) is 3.80. The normalized spacial score (nSPS) is 10.7. The predicted octanol–water partition coefficient (Wildman–Crippen LogP) is 0.448. The van der Waals surface area contributed by atoms with Crippen molar-refractivity contribution in [3.05, 3.63) is 29.3 Å². The molecule has 0 aromatic heterocycles. The summed E-state index contributed by atoms with van der Waals surface area (Å²) in [5.74, 6) is 2.99. The number of ether oxygens (including phenoxy) is 1. The van der Waals surface area contributed by atoms with Crippen LogP contribution in [0.3, 0.4) is 0 Å². The van der Waals surface area contributed by atoms with E-state index in [-0.39, 0.29) is 17.2 Å². The van der Waals surface area contributed by atoms with Crippen molar-refractivity contribution < 1.29 is 24.2 Å². The molecule has 2 N–H and O–H groups in total. The number of carboxylic acids is 1. The number of rotatable bonds is 4. The zero-order valence-electron chi connectivity index (χ0n) is 11.0. The Morgan fingerprint density at radius 3 is 2.70 bits per heavy atom. The fourth-order valence-corrected chi connectivity index (χ4v) is 1.40. The smallest absolute Gasteiger partial charge is 0.382 e. The van der Waals surface area contributed by atoms with E-state index in [1.807, 2.05) is 5.92 Å². The quantitative estimate of drug-likeness (QED) is 0.614. The zero-order chi connectivity index (χ0) is 15.1. The molecule has 1 unspecified atom stereocenters. The van der Waals surface area contributed by atoms with E-state index >= 15 is 0 Å². The van der Waals surface area contributed by atoms with Gasteiger partial charge in [-0.1, -0.05) is 5.92 Å². The van der Waals surface area contributed by atoms with Crippen molar-refractivity contribution in [2.24, 2.45) is 0 Å². The van der Waals surface area contributed by atoms with Crippen molar-refractivity contribution in [2.45, 2.75) is 13.0 Å². The van der Waals surface area contributed by atoms with Crippen molar-refractivity contribution in [1.82, 2.24) is 5.32 Å². The molecule has 0 bridgehead atoms. The number of hydrogen-bond acceptors (Lipinski definition) is 4. The Morgan fingerprint density at radius 2 is 2.15 bits per heavy atom. The number of carboxylic acid groups (broad SMARTS) is 1. The molecule has 0 saturated carbocycles. The number of nitrogens with one attached hydrogen (secondary N) is 1. The van der Waals surface area contributed by atoms with Crippen molar-refractivity contribution in [1.29, 1.82) is 0 Å². The van der Waals surface area contributed by atoms with Gasteiger partial charge in [0.15, 0.2) is 12.4 Å². The molecule has 0 aliphatic heterocycles. The molecule has 1 aromatic rings. The highest BCUT2D eigenvalue weighted by Gasteiger charge is 2.14. The summed E-state index contributed by atoms with van der Waals surface area (Å²) in [6, 6.07) is 4.37. The van der Waals surface area contributed by atoms with E-state index in [1.54, 1.807) is 6.92 Å². The Morgan fingerprint density at radius 1 is 1.45 bits per heavy atom. The number of aliphatic carboxylic acids is 1. The van der Waals surface area contributed by atoms with E-state index in [2.05, 4.69) is 11.2 Å². The van der Waals surface area contributed by atoms with Crippen LogP contribution in [0.4, 0.5) is 0 Å².